The van der Waals surface area contributed by atoms with Crippen LogP contribution >= 0.6 is 0 Å². The van der Waals surface area contributed by atoms with Gasteiger partial charge in [0.15, 0.2) is 0 Å². The highest BCUT2D eigenvalue weighted by Crippen LogP contribution is 2.21. The Balaban J connectivity index is 1.50. The van der Waals surface area contributed by atoms with Crippen LogP contribution in [0.15, 0.2) is 24.3 Å². The van der Waals surface area contributed by atoms with E-state index in [1.807, 2.05) is 0 Å². The Kier molecular flexibility index (Phi) is 4.71. The van der Waals surface area contributed by atoms with Crippen LogP contribution in [-0.2, 0) is 11.3 Å². The van der Waals surface area contributed by atoms with E-state index in [1.165, 1.54) is 24.0 Å². The molecule has 1 heterocycles. The van der Waals surface area contributed by atoms with Crippen molar-refractivity contribution in [3.63, 3.8) is 0 Å². The standard InChI is InChI=1S/C17H26N2O/c1-14(12-18-17-6-7-17)16-4-2-15(3-5-16)13-19-8-10-20-11-9-19/h2-5,14,17-18H,6-13H2,1H3. The van der Waals surface area contributed by atoms with Crippen molar-refractivity contribution in [2.45, 2.75) is 38.3 Å². The number of ether oxygens (including phenoxy) is 1. The molecule has 1 aromatic carbocycles. The van der Waals surface area contributed by atoms with Crippen molar-refractivity contribution in [3.8, 4) is 0 Å². The lowest BCUT2D eigenvalue weighted by Crippen LogP contribution is -2.35. The molecular weight excluding hydrogens is 248 g/mol. The number of morpholine rings is 1. The monoisotopic (exact) mass is 274 g/mol. The Labute approximate surface area is 122 Å². The second-order valence-corrected chi connectivity index (χ2v) is 6.21. The summed E-state index contributed by atoms with van der Waals surface area (Å²) >= 11 is 0. The molecule has 1 atom stereocenters. The van der Waals surface area contributed by atoms with Crippen molar-refractivity contribution >= 4 is 0 Å². The zero-order valence-corrected chi connectivity index (χ0v) is 12.5. The normalized spacial score (nSPS) is 21.9. The van der Waals surface area contributed by atoms with Gasteiger partial charge in [0, 0.05) is 32.2 Å². The van der Waals surface area contributed by atoms with Crippen LogP contribution in [0, 0.1) is 0 Å². The minimum Gasteiger partial charge on any atom is -0.379 e. The summed E-state index contributed by atoms with van der Waals surface area (Å²) < 4.78 is 5.39. The van der Waals surface area contributed by atoms with E-state index >= 15 is 0 Å². The molecule has 0 spiro atoms. The largest absolute Gasteiger partial charge is 0.379 e. The molecule has 0 aromatic heterocycles. The zero-order chi connectivity index (χ0) is 13.8. The molecule has 1 saturated carbocycles. The maximum Gasteiger partial charge on any atom is 0.0594 e. The van der Waals surface area contributed by atoms with Crippen molar-refractivity contribution in [2.75, 3.05) is 32.8 Å². The Hall–Kier alpha value is -0.900. The predicted octanol–water partition coefficient (Wildman–Crippen LogP) is 2.37. The van der Waals surface area contributed by atoms with Gasteiger partial charge >= 0.3 is 0 Å². The fraction of sp³-hybridized carbons (Fsp3) is 0.647. The molecule has 3 nitrogen and oxygen atoms in total. The van der Waals surface area contributed by atoms with Crippen LogP contribution in [0.5, 0.6) is 0 Å². The Morgan fingerprint density at radius 2 is 1.90 bits per heavy atom. The van der Waals surface area contributed by atoms with Crippen LogP contribution in [0.4, 0.5) is 0 Å². The van der Waals surface area contributed by atoms with Gasteiger partial charge in [-0.25, -0.2) is 0 Å². The number of nitrogens with one attached hydrogen (secondary N) is 1. The molecule has 1 N–H and O–H groups in total. The highest BCUT2D eigenvalue weighted by Gasteiger charge is 2.21. The predicted molar refractivity (Wildman–Crippen MR) is 82.0 cm³/mol. The first-order valence-corrected chi connectivity index (χ1v) is 7.93. The van der Waals surface area contributed by atoms with Gasteiger partial charge in [-0.3, -0.25) is 4.90 Å². The third-order valence-corrected chi connectivity index (χ3v) is 4.35. The van der Waals surface area contributed by atoms with E-state index in [-0.39, 0.29) is 0 Å². The van der Waals surface area contributed by atoms with Crippen LogP contribution in [0.1, 0.15) is 36.8 Å². The van der Waals surface area contributed by atoms with Gasteiger partial charge in [0.25, 0.3) is 0 Å². The number of benzene rings is 1. The maximum atomic E-state index is 5.39. The highest BCUT2D eigenvalue weighted by atomic mass is 16.5. The SMILES string of the molecule is CC(CNC1CC1)c1ccc(CN2CCOCC2)cc1. The average molecular weight is 274 g/mol. The van der Waals surface area contributed by atoms with E-state index in [0.717, 1.165) is 45.4 Å². The lowest BCUT2D eigenvalue weighted by molar-refractivity contribution is 0.0342. The second kappa shape index (κ2) is 6.70. The second-order valence-electron chi connectivity index (χ2n) is 6.21. The van der Waals surface area contributed by atoms with Gasteiger partial charge in [-0.1, -0.05) is 31.2 Å². The molecule has 0 bridgehead atoms. The van der Waals surface area contributed by atoms with Gasteiger partial charge in [-0.05, 0) is 29.9 Å². The first-order valence-electron chi connectivity index (χ1n) is 7.93. The number of nitrogens with zero attached hydrogens (tertiary/aromatic N) is 1. The molecular formula is C17H26N2O. The molecule has 1 unspecified atom stereocenters. The minimum atomic E-state index is 0.605. The molecule has 1 saturated heterocycles. The van der Waals surface area contributed by atoms with Gasteiger partial charge in [-0.15, -0.1) is 0 Å². The molecule has 1 aliphatic carbocycles. The van der Waals surface area contributed by atoms with Crippen molar-refractivity contribution in [1.29, 1.82) is 0 Å². The van der Waals surface area contributed by atoms with Crippen LogP contribution < -0.4 is 5.32 Å². The summed E-state index contributed by atoms with van der Waals surface area (Å²) in [6.07, 6.45) is 2.73. The molecule has 0 radical (unpaired) electrons. The van der Waals surface area contributed by atoms with Gasteiger partial charge in [0.2, 0.25) is 0 Å². The molecule has 1 aliphatic heterocycles. The third kappa shape index (κ3) is 4.05. The summed E-state index contributed by atoms with van der Waals surface area (Å²) in [5.74, 6) is 0.605. The maximum absolute atomic E-state index is 5.39. The van der Waals surface area contributed by atoms with Crippen LogP contribution in [0.3, 0.4) is 0 Å². The number of rotatable bonds is 6. The Morgan fingerprint density at radius 3 is 2.55 bits per heavy atom. The fourth-order valence-electron chi connectivity index (χ4n) is 2.72. The lowest BCUT2D eigenvalue weighted by atomic mass is 9.99. The van der Waals surface area contributed by atoms with E-state index in [9.17, 15) is 0 Å². The van der Waals surface area contributed by atoms with Gasteiger partial charge in [0.05, 0.1) is 13.2 Å². The first kappa shape index (κ1) is 14.1. The highest BCUT2D eigenvalue weighted by molar-refractivity contribution is 5.25. The topological polar surface area (TPSA) is 24.5 Å². The van der Waals surface area contributed by atoms with Gasteiger partial charge in [0.1, 0.15) is 0 Å². The lowest BCUT2D eigenvalue weighted by Gasteiger charge is -2.26. The summed E-state index contributed by atoms with van der Waals surface area (Å²) in [6.45, 7) is 8.34. The zero-order valence-electron chi connectivity index (χ0n) is 12.5. The molecule has 1 aromatic rings. The minimum absolute atomic E-state index is 0.605. The van der Waals surface area contributed by atoms with Crippen molar-refractivity contribution in [2.24, 2.45) is 0 Å². The Morgan fingerprint density at radius 1 is 1.20 bits per heavy atom. The van der Waals surface area contributed by atoms with Crippen LogP contribution in [0.25, 0.3) is 0 Å². The summed E-state index contributed by atoms with van der Waals surface area (Å²) in [7, 11) is 0. The molecule has 2 aliphatic rings. The van der Waals surface area contributed by atoms with Crippen LogP contribution in [-0.4, -0.2) is 43.8 Å². The number of hydrogen-bond acceptors (Lipinski definition) is 3. The average Bonchev–Trinajstić information content (AvgIpc) is 3.31. The smallest absolute Gasteiger partial charge is 0.0594 e. The first-order chi connectivity index (χ1) is 9.81. The number of hydrogen-bond donors (Lipinski definition) is 1. The molecule has 20 heavy (non-hydrogen) atoms. The van der Waals surface area contributed by atoms with Crippen molar-refractivity contribution < 1.29 is 4.74 Å². The van der Waals surface area contributed by atoms with E-state index < -0.39 is 0 Å². The summed E-state index contributed by atoms with van der Waals surface area (Å²) in [4.78, 5) is 2.47. The molecule has 110 valence electrons. The van der Waals surface area contributed by atoms with Gasteiger partial charge in [-0.2, -0.15) is 0 Å². The molecule has 3 rings (SSSR count). The fourth-order valence-corrected chi connectivity index (χ4v) is 2.72. The summed E-state index contributed by atoms with van der Waals surface area (Å²) in [5.41, 5.74) is 2.86. The Bertz CT molecular complexity index is 408. The third-order valence-electron chi connectivity index (χ3n) is 4.35. The van der Waals surface area contributed by atoms with E-state index in [1.54, 1.807) is 0 Å². The molecule has 0 amide bonds. The summed E-state index contributed by atoms with van der Waals surface area (Å²) in [6, 6.07) is 9.99. The van der Waals surface area contributed by atoms with E-state index in [2.05, 4.69) is 41.4 Å². The van der Waals surface area contributed by atoms with E-state index in [0.29, 0.717) is 5.92 Å². The van der Waals surface area contributed by atoms with Crippen molar-refractivity contribution in [1.82, 2.24) is 10.2 Å². The van der Waals surface area contributed by atoms with E-state index in [4.69, 9.17) is 4.74 Å². The van der Waals surface area contributed by atoms with Crippen molar-refractivity contribution in [3.05, 3.63) is 35.4 Å². The summed E-state index contributed by atoms with van der Waals surface area (Å²) in [5, 5.41) is 3.61. The molecule has 2 fully saturated rings. The molecule has 3 heteroatoms. The van der Waals surface area contributed by atoms with Gasteiger partial charge < -0.3 is 10.1 Å². The van der Waals surface area contributed by atoms with Crippen LogP contribution in [0.2, 0.25) is 0 Å². The quantitative estimate of drug-likeness (QED) is 0.862.